The Morgan fingerprint density at radius 3 is 0.983 bits per heavy atom. The zero-order valence-electron chi connectivity index (χ0n) is 33.8. The number of rotatable bonds is 18. The van der Waals surface area contributed by atoms with E-state index in [-0.39, 0.29) is 38.5 Å². The van der Waals surface area contributed by atoms with Crippen molar-refractivity contribution in [2.24, 2.45) is 11.1 Å². The van der Waals surface area contributed by atoms with Crippen molar-refractivity contribution in [3.05, 3.63) is 215 Å². The molecule has 0 heterocycles. The number of hydrogen-bond donors (Lipinski definition) is 3. The molecule has 6 aromatic rings. The van der Waals surface area contributed by atoms with Crippen LogP contribution in [0.5, 0.6) is 0 Å². The number of amides is 2. The summed E-state index contributed by atoms with van der Waals surface area (Å²) in [7, 11) is 0. The topological polar surface area (TPSA) is 104 Å². The van der Waals surface area contributed by atoms with Crippen molar-refractivity contribution >= 4 is 11.8 Å². The Labute approximate surface area is 349 Å². The minimum atomic E-state index is -1.60. The Hall–Kier alpha value is -5.82. The highest BCUT2D eigenvalue weighted by Gasteiger charge is 2.57. The normalized spacial score (nSPS) is 14.9. The average Bonchev–Trinajstić information content (AvgIpc) is 3.77. The van der Waals surface area contributed by atoms with Gasteiger partial charge in [0.25, 0.3) is 0 Å². The maximum Gasteiger partial charge on any atom is 0.238 e. The van der Waals surface area contributed by atoms with Crippen molar-refractivity contribution in [2.75, 3.05) is 0 Å². The summed E-state index contributed by atoms with van der Waals surface area (Å²) in [6, 6.07) is 57.6. The van der Waals surface area contributed by atoms with Crippen molar-refractivity contribution in [2.45, 2.75) is 87.5 Å². The van der Waals surface area contributed by atoms with Gasteiger partial charge >= 0.3 is 0 Å². The number of carbonyl (C=O) groups excluding carboxylic acids is 2. The molecule has 0 radical (unpaired) electrons. The molecule has 6 heteroatoms. The Kier molecular flexibility index (Phi) is 13.2. The van der Waals surface area contributed by atoms with Crippen LogP contribution < -0.4 is 5.73 Å². The van der Waals surface area contributed by atoms with Crippen molar-refractivity contribution in [3.8, 4) is 0 Å². The number of primary amides is 1. The van der Waals surface area contributed by atoms with E-state index in [0.29, 0.717) is 25.7 Å². The second kappa shape index (κ2) is 18.8. The fourth-order valence-electron chi connectivity index (χ4n) is 9.45. The summed E-state index contributed by atoms with van der Waals surface area (Å²) in [4.78, 5) is 32.0. The molecular formula is C53H56N2O4. The molecule has 7 rings (SSSR count). The van der Waals surface area contributed by atoms with Gasteiger partial charge in [-0.05, 0) is 59.1 Å². The van der Waals surface area contributed by atoms with E-state index in [9.17, 15) is 15.0 Å². The highest BCUT2D eigenvalue weighted by atomic mass is 16.3. The van der Waals surface area contributed by atoms with Crippen LogP contribution in [0, 0.1) is 5.41 Å². The number of carbonyl (C=O) groups is 2. The number of aliphatic hydroxyl groups is 2. The van der Waals surface area contributed by atoms with Gasteiger partial charge in [-0.1, -0.05) is 195 Å². The first-order chi connectivity index (χ1) is 28.7. The lowest BCUT2D eigenvalue weighted by Gasteiger charge is -2.53. The third-order valence-electron chi connectivity index (χ3n) is 12.4. The van der Waals surface area contributed by atoms with E-state index in [1.807, 2.05) is 182 Å². The first kappa shape index (κ1) is 41.3. The average molecular weight is 785 g/mol. The fourth-order valence-corrected chi connectivity index (χ4v) is 9.45. The maximum atomic E-state index is 16.3. The summed E-state index contributed by atoms with van der Waals surface area (Å²) in [6.07, 6.45) is 3.31. The zero-order chi connectivity index (χ0) is 41.1. The fraction of sp³-hybridized carbons (Fsp3) is 0.283. The SMILES string of the molecule is NC(=O)C1(C(=O)N(C(Cc2ccccc2)C(O)(Cc2ccccc2)Cc2ccccc2)C(Cc2ccccc2)C(O)(Cc2ccccc2)Cc2ccccc2)CCCC1. The van der Waals surface area contributed by atoms with Gasteiger partial charge in [0.1, 0.15) is 5.41 Å². The highest BCUT2D eigenvalue weighted by molar-refractivity contribution is 6.05. The molecule has 0 saturated heterocycles. The quantitative estimate of drug-likeness (QED) is 0.0761. The molecule has 2 amide bonds. The van der Waals surface area contributed by atoms with Gasteiger partial charge in [0, 0.05) is 25.7 Å². The molecule has 302 valence electrons. The van der Waals surface area contributed by atoms with E-state index < -0.39 is 40.5 Å². The lowest BCUT2D eigenvalue weighted by Crippen LogP contribution is -2.69. The Balaban J connectivity index is 1.53. The van der Waals surface area contributed by atoms with E-state index in [2.05, 4.69) is 0 Å². The van der Waals surface area contributed by atoms with Crippen LogP contribution in [0.3, 0.4) is 0 Å². The van der Waals surface area contributed by atoms with E-state index >= 15 is 4.79 Å². The summed E-state index contributed by atoms with van der Waals surface area (Å²) in [6.45, 7) is 0. The number of nitrogens with two attached hydrogens (primary N) is 1. The molecule has 0 bridgehead atoms. The lowest BCUT2D eigenvalue weighted by molar-refractivity contribution is -0.170. The number of benzene rings is 6. The molecule has 1 aliphatic rings. The van der Waals surface area contributed by atoms with Crippen molar-refractivity contribution < 1.29 is 19.8 Å². The predicted molar refractivity (Wildman–Crippen MR) is 235 cm³/mol. The van der Waals surface area contributed by atoms with E-state index in [4.69, 9.17) is 5.73 Å². The minimum absolute atomic E-state index is 0.210. The number of hydrogen-bond acceptors (Lipinski definition) is 4. The van der Waals surface area contributed by atoms with Gasteiger partial charge < -0.3 is 20.8 Å². The zero-order valence-corrected chi connectivity index (χ0v) is 33.8. The van der Waals surface area contributed by atoms with Crippen molar-refractivity contribution in [3.63, 3.8) is 0 Å². The molecular weight excluding hydrogens is 729 g/mol. The first-order valence-electron chi connectivity index (χ1n) is 21.0. The van der Waals surface area contributed by atoms with E-state index in [0.717, 1.165) is 33.4 Å². The monoisotopic (exact) mass is 784 g/mol. The van der Waals surface area contributed by atoms with Gasteiger partial charge in [-0.2, -0.15) is 0 Å². The summed E-state index contributed by atoms with van der Waals surface area (Å²) in [5, 5.41) is 27.8. The molecule has 0 spiro atoms. The summed E-state index contributed by atoms with van der Waals surface area (Å²) < 4.78 is 0. The van der Waals surface area contributed by atoms with E-state index in [1.165, 1.54) is 0 Å². The second-order valence-corrected chi connectivity index (χ2v) is 16.6. The number of nitrogens with zero attached hydrogens (tertiary/aromatic N) is 1. The van der Waals surface area contributed by atoms with Gasteiger partial charge in [0.15, 0.2) is 0 Å². The standard InChI is InChI=1S/C53H56N2O4/c54-49(56)51(33-19-20-34-51)50(57)55(47(35-41-21-7-1-8-22-41)52(58,37-43-25-11-3-12-26-43)38-44-27-13-4-14-28-44)48(36-42-23-9-2-10-24-42)53(59,39-45-29-15-5-16-30-45)40-46-31-17-6-18-32-46/h1-18,21-32,47-48,58-59H,19-20,33-40H2,(H2,54,56). The van der Waals surface area contributed by atoms with Crippen molar-refractivity contribution in [1.82, 2.24) is 4.90 Å². The largest absolute Gasteiger partial charge is 0.387 e. The van der Waals surface area contributed by atoms with Crippen molar-refractivity contribution in [1.29, 1.82) is 0 Å². The molecule has 1 aliphatic carbocycles. The molecule has 1 fully saturated rings. The molecule has 0 aliphatic heterocycles. The lowest BCUT2D eigenvalue weighted by atomic mass is 9.72. The third kappa shape index (κ3) is 9.90. The second-order valence-electron chi connectivity index (χ2n) is 16.6. The molecule has 2 unspecified atom stereocenters. The van der Waals surface area contributed by atoms with Crippen LogP contribution in [-0.4, -0.2) is 50.2 Å². The minimum Gasteiger partial charge on any atom is -0.387 e. The van der Waals surface area contributed by atoms with Gasteiger partial charge in [-0.3, -0.25) is 9.59 Å². The van der Waals surface area contributed by atoms with Gasteiger partial charge in [0.05, 0.1) is 23.3 Å². The molecule has 59 heavy (non-hydrogen) atoms. The summed E-state index contributed by atoms with van der Waals surface area (Å²) >= 11 is 0. The van der Waals surface area contributed by atoms with Gasteiger partial charge in [-0.25, -0.2) is 0 Å². The van der Waals surface area contributed by atoms with Crippen LogP contribution in [0.4, 0.5) is 0 Å². The smallest absolute Gasteiger partial charge is 0.238 e. The Bertz CT molecular complexity index is 1990. The molecule has 0 aromatic heterocycles. The Morgan fingerprint density at radius 2 is 0.729 bits per heavy atom. The van der Waals surface area contributed by atoms with Gasteiger partial charge in [-0.15, -0.1) is 0 Å². The Morgan fingerprint density at radius 1 is 0.475 bits per heavy atom. The summed E-state index contributed by atoms with van der Waals surface area (Å²) in [5.41, 5.74) is 7.14. The molecule has 1 saturated carbocycles. The maximum absolute atomic E-state index is 16.3. The predicted octanol–water partition coefficient (Wildman–Crippen LogP) is 8.52. The molecule has 6 nitrogen and oxygen atoms in total. The van der Waals surface area contributed by atoms with Crippen LogP contribution in [0.2, 0.25) is 0 Å². The van der Waals surface area contributed by atoms with Gasteiger partial charge in [0.2, 0.25) is 11.8 Å². The van der Waals surface area contributed by atoms with E-state index in [1.54, 1.807) is 4.90 Å². The third-order valence-corrected chi connectivity index (χ3v) is 12.4. The van der Waals surface area contributed by atoms with Crippen LogP contribution in [0.15, 0.2) is 182 Å². The molecule has 2 atom stereocenters. The van der Waals surface area contributed by atoms with Crippen LogP contribution in [0.1, 0.15) is 59.1 Å². The first-order valence-corrected chi connectivity index (χ1v) is 21.0. The summed E-state index contributed by atoms with van der Waals surface area (Å²) in [5.74, 6) is -1.09. The van der Waals surface area contributed by atoms with Crippen LogP contribution in [0.25, 0.3) is 0 Å². The highest BCUT2D eigenvalue weighted by Crippen LogP contribution is 2.44. The molecule has 6 aromatic carbocycles. The molecule has 4 N–H and O–H groups in total. The van der Waals surface area contributed by atoms with Crippen LogP contribution >= 0.6 is 0 Å². The van der Waals surface area contributed by atoms with Crippen LogP contribution in [-0.2, 0) is 48.1 Å².